The molecule has 7 heteroatoms. The summed E-state index contributed by atoms with van der Waals surface area (Å²) < 4.78 is 7.11. The number of pyridine rings is 1. The number of hydrogen-bond acceptors (Lipinski definition) is 4. The average molecular weight is 297 g/mol. The van der Waals surface area contributed by atoms with Gasteiger partial charge in [0.25, 0.3) is 0 Å². The van der Waals surface area contributed by atoms with Gasteiger partial charge in [-0.3, -0.25) is 4.79 Å². The highest BCUT2D eigenvalue weighted by atomic mass is 35.5. The number of primary amides is 1. The number of halogens is 1. The van der Waals surface area contributed by atoms with E-state index in [1.807, 2.05) is 30.5 Å². The van der Waals surface area contributed by atoms with Gasteiger partial charge in [-0.15, -0.1) is 11.6 Å². The first-order chi connectivity index (χ1) is 9.49. The number of aryl methyl sites for hydroxylation is 1. The lowest BCUT2D eigenvalue weighted by Crippen LogP contribution is -2.20. The van der Waals surface area contributed by atoms with E-state index < -0.39 is 5.91 Å². The number of carbonyl (C=O) groups is 1. The van der Waals surface area contributed by atoms with E-state index in [9.17, 15) is 4.79 Å². The number of hydrogen-bond donors (Lipinski definition) is 1. The van der Waals surface area contributed by atoms with E-state index in [1.54, 1.807) is 0 Å². The minimum Gasteiger partial charge on any atom is -0.370 e. The van der Waals surface area contributed by atoms with Gasteiger partial charge in [-0.2, -0.15) is 0 Å². The predicted molar refractivity (Wildman–Crippen MR) is 76.5 cm³/mol. The van der Waals surface area contributed by atoms with Gasteiger partial charge in [-0.1, -0.05) is 0 Å². The number of amides is 1. The highest BCUT2D eigenvalue weighted by Gasteiger charge is 2.15. The van der Waals surface area contributed by atoms with Crippen molar-refractivity contribution in [2.45, 2.75) is 25.8 Å². The Balaban J connectivity index is 2.26. The lowest BCUT2D eigenvalue weighted by molar-refractivity contribution is -0.122. The van der Waals surface area contributed by atoms with E-state index in [0.717, 1.165) is 22.7 Å². The highest BCUT2D eigenvalue weighted by Crippen LogP contribution is 2.23. The van der Waals surface area contributed by atoms with Crippen LogP contribution in [0.2, 0.25) is 0 Å². The smallest absolute Gasteiger partial charge is 0.243 e. The van der Waals surface area contributed by atoms with Crippen molar-refractivity contribution in [2.75, 3.05) is 13.2 Å². The number of aromatic nitrogens is 3. The number of carbonyl (C=O) groups excluding carboxylic acids is 1. The van der Waals surface area contributed by atoms with Crippen LogP contribution in [0, 0.1) is 6.92 Å². The molecule has 0 saturated carbocycles. The quantitative estimate of drug-likeness (QED) is 0.647. The number of nitrogens with two attached hydrogens (primary N) is 1. The van der Waals surface area contributed by atoms with E-state index in [1.165, 1.54) is 0 Å². The molecule has 0 aliphatic rings. The van der Waals surface area contributed by atoms with Gasteiger partial charge in [0.1, 0.15) is 17.9 Å². The first-order valence-electron chi connectivity index (χ1n) is 6.33. The molecule has 0 saturated heterocycles. The summed E-state index contributed by atoms with van der Waals surface area (Å²) in [5, 5.41) is -0.236. The summed E-state index contributed by atoms with van der Waals surface area (Å²) in [7, 11) is 0. The van der Waals surface area contributed by atoms with Crippen LogP contribution in [0.1, 0.15) is 23.8 Å². The molecular formula is C13H17ClN4O2. The number of fused-ring (bicyclic) bond motifs is 1. The van der Waals surface area contributed by atoms with Gasteiger partial charge in [0, 0.05) is 12.2 Å². The number of ether oxygens (including phenoxy) is 1. The molecule has 1 unspecified atom stereocenters. The molecule has 1 atom stereocenters. The normalized spacial score (nSPS) is 12.8. The molecule has 2 rings (SSSR count). The minimum absolute atomic E-state index is 0.0924. The Kier molecular flexibility index (Phi) is 4.57. The number of imidazole rings is 1. The Morgan fingerprint density at radius 2 is 2.25 bits per heavy atom. The Bertz CT molecular complexity index is 624. The van der Waals surface area contributed by atoms with E-state index in [4.69, 9.17) is 22.1 Å². The van der Waals surface area contributed by atoms with Gasteiger partial charge < -0.3 is 15.0 Å². The van der Waals surface area contributed by atoms with Gasteiger partial charge in [0.05, 0.1) is 12.0 Å². The largest absolute Gasteiger partial charge is 0.370 e. The zero-order chi connectivity index (χ0) is 14.7. The predicted octanol–water partition coefficient (Wildman–Crippen LogP) is 1.54. The van der Waals surface area contributed by atoms with Crippen molar-refractivity contribution in [3.8, 4) is 0 Å². The summed E-state index contributed by atoms with van der Waals surface area (Å²) in [6.45, 7) is 4.55. The van der Waals surface area contributed by atoms with E-state index >= 15 is 0 Å². The van der Waals surface area contributed by atoms with E-state index in [0.29, 0.717) is 13.2 Å². The molecule has 0 bridgehead atoms. The third-order valence-corrected chi connectivity index (χ3v) is 3.02. The van der Waals surface area contributed by atoms with Gasteiger partial charge in [0.15, 0.2) is 5.65 Å². The summed E-state index contributed by atoms with van der Waals surface area (Å²) in [6.07, 6.45) is 0. The highest BCUT2D eigenvalue weighted by molar-refractivity contribution is 6.20. The molecule has 20 heavy (non-hydrogen) atoms. The fourth-order valence-electron chi connectivity index (χ4n) is 1.97. The Hall–Kier alpha value is -1.66. The molecule has 0 aliphatic carbocycles. The molecule has 0 fully saturated rings. The van der Waals surface area contributed by atoms with Crippen LogP contribution in [0.25, 0.3) is 11.2 Å². The first-order valence-corrected chi connectivity index (χ1v) is 6.76. The standard InChI is InChI=1S/C13H17ClN4O2/c1-8-3-4-10-13(16-8)18(12(17-10)9(2)14)5-6-20-7-11(15)19/h3-4,9H,5-7H2,1-2H3,(H2,15,19). The summed E-state index contributed by atoms with van der Waals surface area (Å²) in [4.78, 5) is 19.6. The summed E-state index contributed by atoms with van der Waals surface area (Å²) >= 11 is 6.16. The third kappa shape index (κ3) is 3.26. The molecule has 6 nitrogen and oxygen atoms in total. The SMILES string of the molecule is Cc1ccc2nc(C(C)Cl)n(CCOCC(N)=O)c2n1. The van der Waals surface area contributed by atoms with Crippen LogP contribution in [-0.2, 0) is 16.1 Å². The van der Waals surface area contributed by atoms with Crippen molar-refractivity contribution < 1.29 is 9.53 Å². The molecule has 1 amide bonds. The molecular weight excluding hydrogens is 280 g/mol. The van der Waals surface area contributed by atoms with Gasteiger partial charge in [-0.05, 0) is 26.0 Å². The van der Waals surface area contributed by atoms with Crippen molar-refractivity contribution in [1.29, 1.82) is 0 Å². The summed E-state index contributed by atoms with van der Waals surface area (Å²) in [6, 6.07) is 3.83. The second-order valence-electron chi connectivity index (χ2n) is 4.55. The summed E-state index contributed by atoms with van der Waals surface area (Å²) in [5.74, 6) is 0.253. The number of alkyl halides is 1. The molecule has 0 aromatic carbocycles. The first kappa shape index (κ1) is 14.7. The van der Waals surface area contributed by atoms with Crippen LogP contribution in [0.5, 0.6) is 0 Å². The fourth-order valence-corrected chi connectivity index (χ4v) is 2.13. The van der Waals surface area contributed by atoms with Crippen LogP contribution in [0.15, 0.2) is 12.1 Å². The Labute approximate surface area is 121 Å². The molecule has 0 aliphatic heterocycles. The summed E-state index contributed by atoms with van der Waals surface area (Å²) in [5.41, 5.74) is 7.50. The van der Waals surface area contributed by atoms with E-state index in [-0.39, 0.29) is 12.0 Å². The fraction of sp³-hybridized carbons (Fsp3) is 0.462. The van der Waals surface area contributed by atoms with Crippen LogP contribution >= 0.6 is 11.6 Å². The van der Waals surface area contributed by atoms with Gasteiger partial charge in [-0.25, -0.2) is 9.97 Å². The maximum atomic E-state index is 10.6. The van der Waals surface area contributed by atoms with Crippen molar-refractivity contribution >= 4 is 28.7 Å². The second kappa shape index (κ2) is 6.19. The molecule has 2 aromatic rings. The topological polar surface area (TPSA) is 83.0 Å². The van der Waals surface area contributed by atoms with Crippen LogP contribution in [0.3, 0.4) is 0 Å². The molecule has 2 aromatic heterocycles. The van der Waals surface area contributed by atoms with Crippen LogP contribution in [0.4, 0.5) is 0 Å². The molecule has 0 radical (unpaired) electrons. The van der Waals surface area contributed by atoms with Crippen molar-refractivity contribution in [2.24, 2.45) is 5.73 Å². The third-order valence-electron chi connectivity index (χ3n) is 2.82. The monoisotopic (exact) mass is 296 g/mol. The maximum absolute atomic E-state index is 10.6. The van der Waals surface area contributed by atoms with Gasteiger partial charge in [0.2, 0.25) is 5.91 Å². The Morgan fingerprint density at radius 3 is 2.90 bits per heavy atom. The number of rotatable bonds is 6. The van der Waals surface area contributed by atoms with Crippen LogP contribution < -0.4 is 5.73 Å². The lowest BCUT2D eigenvalue weighted by atomic mass is 10.3. The molecule has 0 spiro atoms. The van der Waals surface area contributed by atoms with Crippen molar-refractivity contribution in [3.05, 3.63) is 23.7 Å². The van der Waals surface area contributed by atoms with Crippen LogP contribution in [-0.4, -0.2) is 33.7 Å². The average Bonchev–Trinajstić information content (AvgIpc) is 2.73. The molecule has 2 N–H and O–H groups in total. The zero-order valence-corrected chi connectivity index (χ0v) is 12.2. The Morgan fingerprint density at radius 1 is 1.50 bits per heavy atom. The molecule has 2 heterocycles. The lowest BCUT2D eigenvalue weighted by Gasteiger charge is -2.10. The second-order valence-corrected chi connectivity index (χ2v) is 5.21. The maximum Gasteiger partial charge on any atom is 0.243 e. The van der Waals surface area contributed by atoms with Gasteiger partial charge >= 0.3 is 0 Å². The molecule has 108 valence electrons. The van der Waals surface area contributed by atoms with E-state index in [2.05, 4.69) is 9.97 Å². The van der Waals surface area contributed by atoms with Crippen molar-refractivity contribution in [3.63, 3.8) is 0 Å². The number of nitrogens with zero attached hydrogens (tertiary/aromatic N) is 3. The minimum atomic E-state index is -0.486. The zero-order valence-electron chi connectivity index (χ0n) is 11.5. The van der Waals surface area contributed by atoms with Crippen molar-refractivity contribution in [1.82, 2.24) is 14.5 Å².